The fourth-order valence-corrected chi connectivity index (χ4v) is 2.95. The lowest BCUT2D eigenvalue weighted by Gasteiger charge is -2.39. The first-order valence-corrected chi connectivity index (χ1v) is 8.77. The van der Waals surface area contributed by atoms with Gasteiger partial charge in [0.1, 0.15) is 11.4 Å². The minimum Gasteiger partial charge on any atom is -0.444 e. The number of amides is 1. The number of likely N-dealkylation sites (tertiary alicyclic amines) is 1. The summed E-state index contributed by atoms with van der Waals surface area (Å²) in [5.74, 6) is -4.16. The molecule has 0 radical (unpaired) electrons. The second-order valence-electron chi connectivity index (χ2n) is 7.83. The number of carbonyl (C=O) groups is 1. The number of hydrogen-bond donors (Lipinski definition) is 0. The van der Waals surface area contributed by atoms with Gasteiger partial charge in [-0.25, -0.2) is 18.0 Å². The minimum atomic E-state index is -4.73. The first-order valence-electron chi connectivity index (χ1n) is 8.77. The molecule has 158 valence electrons. The summed E-state index contributed by atoms with van der Waals surface area (Å²) in [7, 11) is 0. The molecule has 0 N–H and O–H groups in total. The van der Waals surface area contributed by atoms with Crippen LogP contribution in [-0.2, 0) is 17.3 Å². The van der Waals surface area contributed by atoms with E-state index in [0.29, 0.717) is 12.3 Å². The Kier molecular flexibility index (Phi) is 6.20. The van der Waals surface area contributed by atoms with Crippen LogP contribution in [0.15, 0.2) is 12.3 Å². The molecule has 1 fully saturated rings. The molecule has 1 amide bonds. The van der Waals surface area contributed by atoms with Crippen LogP contribution in [-0.4, -0.2) is 40.1 Å². The summed E-state index contributed by atoms with van der Waals surface area (Å²) in [5.41, 5.74) is -2.32. The average molecular weight is 412 g/mol. The average Bonchev–Trinajstić information content (AvgIpc) is 2.50. The molecule has 0 spiro atoms. The number of piperidine rings is 1. The van der Waals surface area contributed by atoms with Crippen molar-refractivity contribution in [2.75, 3.05) is 6.54 Å². The van der Waals surface area contributed by atoms with E-state index in [4.69, 9.17) is 4.74 Å². The van der Waals surface area contributed by atoms with Crippen LogP contribution < -0.4 is 0 Å². The molecule has 1 atom stereocenters. The van der Waals surface area contributed by atoms with E-state index in [1.165, 1.54) is 4.90 Å². The molecule has 1 aromatic heterocycles. The Balaban J connectivity index is 2.13. The van der Waals surface area contributed by atoms with E-state index in [9.17, 15) is 31.1 Å². The van der Waals surface area contributed by atoms with Crippen molar-refractivity contribution in [3.63, 3.8) is 0 Å². The number of aromatic nitrogens is 1. The van der Waals surface area contributed by atoms with Crippen LogP contribution in [0.4, 0.5) is 31.1 Å². The molecule has 4 nitrogen and oxygen atoms in total. The molecular weight excluding hydrogens is 390 g/mol. The normalized spacial score (nSPS) is 20.2. The summed E-state index contributed by atoms with van der Waals surface area (Å²) in [4.78, 5) is 17.0. The number of halogens is 6. The first-order chi connectivity index (χ1) is 12.7. The smallest absolute Gasteiger partial charge is 0.417 e. The van der Waals surface area contributed by atoms with Gasteiger partial charge in [0.25, 0.3) is 5.92 Å². The van der Waals surface area contributed by atoms with E-state index < -0.39 is 54.1 Å². The lowest BCUT2D eigenvalue weighted by atomic mass is 9.94. The quantitative estimate of drug-likeness (QED) is 0.641. The third kappa shape index (κ3) is 6.00. The lowest BCUT2D eigenvalue weighted by molar-refractivity contribution is -0.138. The van der Waals surface area contributed by atoms with E-state index >= 15 is 0 Å². The van der Waals surface area contributed by atoms with Crippen LogP contribution in [0.5, 0.6) is 0 Å². The zero-order valence-electron chi connectivity index (χ0n) is 15.7. The van der Waals surface area contributed by atoms with Gasteiger partial charge >= 0.3 is 12.3 Å². The van der Waals surface area contributed by atoms with Gasteiger partial charge in [-0.2, -0.15) is 13.2 Å². The Morgan fingerprint density at radius 1 is 1.32 bits per heavy atom. The van der Waals surface area contributed by atoms with Crippen LogP contribution in [0.3, 0.4) is 0 Å². The summed E-state index contributed by atoms with van der Waals surface area (Å²) in [6.45, 7) is 4.69. The Bertz CT molecular complexity index is 715. The largest absolute Gasteiger partial charge is 0.444 e. The number of hydrogen-bond acceptors (Lipinski definition) is 3. The van der Waals surface area contributed by atoms with Gasteiger partial charge in [0.2, 0.25) is 0 Å². The van der Waals surface area contributed by atoms with Crippen molar-refractivity contribution in [3.05, 3.63) is 29.3 Å². The van der Waals surface area contributed by atoms with Crippen LogP contribution in [0.25, 0.3) is 0 Å². The van der Waals surface area contributed by atoms with Gasteiger partial charge in [0.05, 0.1) is 11.3 Å². The highest BCUT2D eigenvalue weighted by Gasteiger charge is 2.43. The second-order valence-corrected chi connectivity index (χ2v) is 7.83. The van der Waals surface area contributed by atoms with Crippen molar-refractivity contribution < 1.29 is 35.9 Å². The Morgan fingerprint density at radius 3 is 2.50 bits per heavy atom. The summed E-state index contributed by atoms with van der Waals surface area (Å²) < 4.78 is 84.6. The number of carbonyl (C=O) groups excluding carboxylic acids is 1. The third-order valence-electron chi connectivity index (χ3n) is 4.28. The highest BCUT2D eigenvalue weighted by atomic mass is 19.4. The summed E-state index contributed by atoms with van der Waals surface area (Å²) in [6.07, 6.45) is -6.41. The highest BCUT2D eigenvalue weighted by Crippen LogP contribution is 2.35. The molecule has 2 heterocycles. The first kappa shape index (κ1) is 22.3. The van der Waals surface area contributed by atoms with Crippen LogP contribution in [0.2, 0.25) is 0 Å². The van der Waals surface area contributed by atoms with Crippen molar-refractivity contribution in [1.29, 1.82) is 0 Å². The number of pyridine rings is 1. The summed E-state index contributed by atoms with van der Waals surface area (Å²) in [5, 5.41) is 0. The maximum atomic E-state index is 13.9. The zero-order chi connectivity index (χ0) is 21.3. The highest BCUT2D eigenvalue weighted by molar-refractivity contribution is 5.68. The molecule has 1 aliphatic rings. The van der Waals surface area contributed by atoms with E-state index in [1.807, 2.05) is 0 Å². The number of nitrogens with zero attached hydrogens (tertiary/aromatic N) is 2. The molecule has 28 heavy (non-hydrogen) atoms. The topological polar surface area (TPSA) is 42.4 Å². The molecule has 1 saturated heterocycles. The van der Waals surface area contributed by atoms with Crippen molar-refractivity contribution in [1.82, 2.24) is 9.88 Å². The predicted molar refractivity (Wildman–Crippen MR) is 88.4 cm³/mol. The van der Waals surface area contributed by atoms with Crippen LogP contribution >= 0.6 is 0 Å². The maximum Gasteiger partial charge on any atom is 0.417 e. The Hall–Kier alpha value is -2.00. The summed E-state index contributed by atoms with van der Waals surface area (Å²) in [6, 6.07) is -0.620. The molecule has 1 unspecified atom stereocenters. The SMILES string of the molecule is CC(C)(C)OC(=O)N1CCC(F)(F)CC1CCc1ncc(C(F)(F)F)cc1F. The Morgan fingerprint density at radius 2 is 1.96 bits per heavy atom. The van der Waals surface area contributed by atoms with Gasteiger partial charge in [-0.1, -0.05) is 0 Å². The van der Waals surface area contributed by atoms with E-state index in [2.05, 4.69) is 4.98 Å². The molecule has 2 rings (SSSR count). The van der Waals surface area contributed by atoms with Crippen LogP contribution in [0, 0.1) is 5.82 Å². The van der Waals surface area contributed by atoms with Gasteiger partial charge in [-0.15, -0.1) is 0 Å². The third-order valence-corrected chi connectivity index (χ3v) is 4.28. The molecule has 0 aliphatic carbocycles. The van der Waals surface area contributed by atoms with Gasteiger partial charge in [-0.3, -0.25) is 4.98 Å². The van der Waals surface area contributed by atoms with Gasteiger partial charge in [0.15, 0.2) is 0 Å². The number of rotatable bonds is 3. The second kappa shape index (κ2) is 7.79. The van der Waals surface area contributed by atoms with E-state index in [0.717, 1.165) is 0 Å². The number of aryl methyl sites for hydroxylation is 1. The minimum absolute atomic E-state index is 0.0792. The molecule has 0 saturated carbocycles. The predicted octanol–water partition coefficient (Wildman–Crippen LogP) is 5.21. The fourth-order valence-electron chi connectivity index (χ4n) is 2.95. The standard InChI is InChI=1S/C18H22F6N2O2/c1-16(2,3)28-15(27)26-7-6-17(20,21)9-12(26)4-5-14-13(19)8-11(10-25-14)18(22,23)24/h8,10,12H,4-7,9H2,1-3H3. The van der Waals surface area contributed by atoms with Crippen molar-refractivity contribution in [2.45, 2.75) is 70.2 Å². The molecule has 10 heteroatoms. The van der Waals surface area contributed by atoms with Gasteiger partial charge < -0.3 is 9.64 Å². The summed E-state index contributed by atoms with van der Waals surface area (Å²) >= 11 is 0. The van der Waals surface area contributed by atoms with Crippen molar-refractivity contribution in [3.8, 4) is 0 Å². The molecule has 0 aromatic carbocycles. The Labute approximate surface area is 158 Å². The molecule has 1 aromatic rings. The molecular formula is C18H22F6N2O2. The van der Waals surface area contributed by atoms with Crippen molar-refractivity contribution >= 4 is 6.09 Å². The molecule has 1 aliphatic heterocycles. The van der Waals surface area contributed by atoms with E-state index in [1.54, 1.807) is 20.8 Å². The fraction of sp³-hybridized carbons (Fsp3) is 0.667. The maximum absolute atomic E-state index is 13.9. The lowest BCUT2D eigenvalue weighted by Crippen LogP contribution is -2.51. The van der Waals surface area contributed by atoms with Crippen molar-refractivity contribution in [2.24, 2.45) is 0 Å². The van der Waals surface area contributed by atoms with Crippen LogP contribution in [0.1, 0.15) is 51.3 Å². The monoisotopic (exact) mass is 412 g/mol. The number of ether oxygens (including phenoxy) is 1. The van der Waals surface area contributed by atoms with E-state index in [-0.39, 0.29) is 25.1 Å². The number of alkyl halides is 5. The van der Waals surface area contributed by atoms with Gasteiger partial charge in [-0.05, 0) is 39.7 Å². The van der Waals surface area contributed by atoms with Gasteiger partial charge in [0, 0.05) is 31.6 Å². The molecule has 0 bridgehead atoms. The zero-order valence-corrected chi connectivity index (χ0v) is 15.7.